The molecule has 1 atom stereocenters. The molecular weight excluding hydrogens is 364 g/mol. The first-order valence-electron chi connectivity index (χ1n) is 8.60. The van der Waals surface area contributed by atoms with Gasteiger partial charge in [-0.2, -0.15) is 0 Å². The van der Waals surface area contributed by atoms with Gasteiger partial charge in [0.2, 0.25) is 0 Å². The number of aromatic nitrogens is 1. The zero-order chi connectivity index (χ0) is 19.6. The third-order valence-corrected chi connectivity index (χ3v) is 5.15. The van der Waals surface area contributed by atoms with E-state index in [1.54, 1.807) is 19.1 Å². The van der Waals surface area contributed by atoms with Gasteiger partial charge in [-0.1, -0.05) is 24.3 Å². The Morgan fingerprint density at radius 1 is 1.33 bits per heavy atom. The Hall–Kier alpha value is -2.80. The molecule has 1 aliphatic rings. The minimum absolute atomic E-state index is 0.193. The number of fused-ring (bicyclic) bond motifs is 1. The highest BCUT2D eigenvalue weighted by Crippen LogP contribution is 2.35. The monoisotopic (exact) mass is 384 g/mol. The van der Waals surface area contributed by atoms with Crippen molar-refractivity contribution in [3.8, 4) is 0 Å². The lowest BCUT2D eigenvalue weighted by Crippen LogP contribution is -2.42. The molecule has 0 aliphatic carbocycles. The Morgan fingerprint density at radius 2 is 2.07 bits per heavy atom. The maximum absolute atomic E-state index is 12.7. The van der Waals surface area contributed by atoms with Crippen LogP contribution in [0.5, 0.6) is 0 Å². The molecule has 27 heavy (non-hydrogen) atoms. The van der Waals surface area contributed by atoms with E-state index in [9.17, 15) is 14.4 Å². The third-order valence-electron chi connectivity index (χ3n) is 4.27. The van der Waals surface area contributed by atoms with E-state index >= 15 is 0 Å². The van der Waals surface area contributed by atoms with E-state index in [0.29, 0.717) is 6.54 Å². The number of benzene rings is 1. The summed E-state index contributed by atoms with van der Waals surface area (Å²) in [7, 11) is 0. The predicted molar refractivity (Wildman–Crippen MR) is 106 cm³/mol. The van der Waals surface area contributed by atoms with Gasteiger partial charge < -0.3 is 9.30 Å². The normalized spacial score (nSPS) is 17.0. The molecule has 0 spiro atoms. The van der Waals surface area contributed by atoms with Crippen molar-refractivity contribution in [1.82, 2.24) is 9.47 Å². The van der Waals surface area contributed by atoms with Gasteiger partial charge in [-0.25, -0.2) is 4.79 Å². The van der Waals surface area contributed by atoms with Crippen molar-refractivity contribution >= 4 is 45.9 Å². The van der Waals surface area contributed by atoms with Crippen LogP contribution in [0.1, 0.15) is 19.4 Å². The maximum atomic E-state index is 12.7. The second-order valence-corrected chi connectivity index (χ2v) is 7.02. The zero-order valence-corrected chi connectivity index (χ0v) is 16.0. The average molecular weight is 384 g/mol. The Morgan fingerprint density at radius 3 is 2.78 bits per heavy atom. The number of nitrogens with zero attached hydrogens (tertiary/aromatic N) is 2. The van der Waals surface area contributed by atoms with E-state index in [1.807, 2.05) is 35.0 Å². The van der Waals surface area contributed by atoms with Gasteiger partial charge in [-0.05, 0) is 37.8 Å². The summed E-state index contributed by atoms with van der Waals surface area (Å²) in [5.41, 5.74) is 1.85. The molecule has 0 bridgehead atoms. The molecule has 1 aromatic carbocycles. The molecule has 0 unspecified atom stereocenters. The number of hydrogen-bond donors (Lipinski definition) is 0. The number of para-hydroxylation sites is 1. The Balaban J connectivity index is 1.96. The molecule has 0 radical (unpaired) electrons. The highest BCUT2D eigenvalue weighted by molar-refractivity contribution is 8.18. The first-order chi connectivity index (χ1) is 13.0. The number of imide groups is 1. The van der Waals surface area contributed by atoms with Gasteiger partial charge in [-0.3, -0.25) is 14.5 Å². The van der Waals surface area contributed by atoms with Gasteiger partial charge in [0.1, 0.15) is 6.04 Å². The SMILES string of the molecule is C=CCn1cc(/C=C2/SC(=O)N([C@H](C)C(=O)OCC)C2=O)c2ccccc21. The fraction of sp³-hybridized carbons (Fsp3) is 0.250. The first kappa shape index (κ1) is 19.0. The molecule has 2 heterocycles. The number of thioether (sulfide) groups is 1. The number of esters is 1. The van der Waals surface area contributed by atoms with Crippen LogP contribution in [0.3, 0.4) is 0 Å². The largest absolute Gasteiger partial charge is 0.464 e. The summed E-state index contributed by atoms with van der Waals surface area (Å²) >= 11 is 0.833. The van der Waals surface area contributed by atoms with Crippen LogP contribution in [-0.2, 0) is 20.9 Å². The van der Waals surface area contributed by atoms with Gasteiger partial charge >= 0.3 is 5.97 Å². The van der Waals surface area contributed by atoms with Crippen molar-refractivity contribution in [2.24, 2.45) is 0 Å². The molecule has 0 saturated carbocycles. The smallest absolute Gasteiger partial charge is 0.329 e. The standard InChI is InChI=1S/C20H20N2O4S/c1-4-10-21-12-14(15-8-6-7-9-16(15)21)11-17-18(23)22(20(25)27-17)13(3)19(24)26-5-2/h4,6-9,11-13H,1,5,10H2,2-3H3/b17-11+/t13-/m1/s1. The third kappa shape index (κ3) is 3.55. The van der Waals surface area contributed by atoms with Crippen LogP contribution in [0.25, 0.3) is 17.0 Å². The molecular formula is C20H20N2O4S. The number of ether oxygens (including phenoxy) is 1. The summed E-state index contributed by atoms with van der Waals surface area (Å²) in [4.78, 5) is 38.2. The Bertz CT molecular complexity index is 960. The molecule has 3 rings (SSSR count). The Labute approximate surface area is 161 Å². The number of hydrogen-bond acceptors (Lipinski definition) is 5. The van der Waals surface area contributed by atoms with Crippen LogP contribution in [-0.4, -0.2) is 39.2 Å². The van der Waals surface area contributed by atoms with Crippen molar-refractivity contribution in [1.29, 1.82) is 0 Å². The van der Waals surface area contributed by atoms with Crippen molar-refractivity contribution < 1.29 is 19.1 Å². The fourth-order valence-corrected chi connectivity index (χ4v) is 3.90. The van der Waals surface area contributed by atoms with Gasteiger partial charge in [0.25, 0.3) is 11.1 Å². The summed E-state index contributed by atoms with van der Waals surface area (Å²) in [6, 6.07) is 6.87. The first-order valence-corrected chi connectivity index (χ1v) is 9.42. The number of allylic oxidation sites excluding steroid dienone is 1. The van der Waals surface area contributed by atoms with Crippen molar-refractivity contribution in [3.05, 3.63) is 53.6 Å². The lowest BCUT2D eigenvalue weighted by atomic mass is 10.1. The molecule has 1 aromatic heterocycles. The van der Waals surface area contributed by atoms with E-state index in [0.717, 1.165) is 33.1 Å². The molecule has 0 N–H and O–H groups in total. The summed E-state index contributed by atoms with van der Waals surface area (Å²) in [6.45, 7) is 7.77. The topological polar surface area (TPSA) is 68.6 Å². The highest BCUT2D eigenvalue weighted by atomic mass is 32.2. The van der Waals surface area contributed by atoms with Gasteiger partial charge in [-0.15, -0.1) is 6.58 Å². The minimum atomic E-state index is -0.953. The summed E-state index contributed by atoms with van der Waals surface area (Å²) in [6.07, 6.45) is 5.42. The summed E-state index contributed by atoms with van der Waals surface area (Å²) < 4.78 is 6.96. The fourth-order valence-electron chi connectivity index (χ4n) is 3.00. The molecule has 1 aliphatic heterocycles. The molecule has 1 saturated heterocycles. The second kappa shape index (κ2) is 7.84. The number of amides is 2. The molecule has 7 heteroatoms. The van der Waals surface area contributed by atoms with E-state index in [1.165, 1.54) is 6.92 Å². The van der Waals surface area contributed by atoms with E-state index in [2.05, 4.69) is 6.58 Å². The lowest BCUT2D eigenvalue weighted by Gasteiger charge is -2.19. The van der Waals surface area contributed by atoms with Gasteiger partial charge in [0, 0.05) is 29.2 Å². The van der Waals surface area contributed by atoms with Crippen LogP contribution in [0.4, 0.5) is 4.79 Å². The number of rotatable bonds is 6. The number of carbonyl (C=O) groups excluding carboxylic acids is 3. The van der Waals surface area contributed by atoms with Crippen molar-refractivity contribution in [2.45, 2.75) is 26.4 Å². The summed E-state index contributed by atoms with van der Waals surface area (Å²) in [5, 5.41) is 0.506. The average Bonchev–Trinajstić information content (AvgIpc) is 3.13. The molecule has 6 nitrogen and oxygen atoms in total. The van der Waals surface area contributed by atoms with E-state index < -0.39 is 23.2 Å². The summed E-state index contributed by atoms with van der Waals surface area (Å²) in [5.74, 6) is -1.07. The minimum Gasteiger partial charge on any atom is -0.464 e. The quantitative estimate of drug-likeness (QED) is 0.430. The molecule has 1 fully saturated rings. The maximum Gasteiger partial charge on any atom is 0.329 e. The highest BCUT2D eigenvalue weighted by Gasteiger charge is 2.41. The van der Waals surface area contributed by atoms with E-state index in [-0.39, 0.29) is 11.5 Å². The van der Waals surface area contributed by atoms with Crippen LogP contribution in [0.15, 0.2) is 48.0 Å². The van der Waals surface area contributed by atoms with Gasteiger partial charge in [0.05, 0.1) is 11.5 Å². The Kier molecular flexibility index (Phi) is 5.51. The van der Waals surface area contributed by atoms with Gasteiger partial charge in [0.15, 0.2) is 0 Å². The molecule has 2 amide bonds. The zero-order valence-electron chi connectivity index (χ0n) is 15.2. The van der Waals surface area contributed by atoms with Crippen LogP contribution in [0.2, 0.25) is 0 Å². The van der Waals surface area contributed by atoms with E-state index in [4.69, 9.17) is 4.74 Å². The second-order valence-electron chi connectivity index (χ2n) is 6.02. The van der Waals surface area contributed by atoms with Crippen LogP contribution >= 0.6 is 11.8 Å². The molecule has 2 aromatic rings. The van der Waals surface area contributed by atoms with Crippen LogP contribution < -0.4 is 0 Å². The lowest BCUT2D eigenvalue weighted by molar-refractivity contribution is -0.150. The predicted octanol–water partition coefficient (Wildman–Crippen LogP) is 3.82. The van der Waals surface area contributed by atoms with Crippen molar-refractivity contribution in [2.75, 3.05) is 6.61 Å². The molecule has 140 valence electrons. The number of carbonyl (C=O) groups is 3. The van der Waals surface area contributed by atoms with Crippen molar-refractivity contribution in [3.63, 3.8) is 0 Å². The van der Waals surface area contributed by atoms with Crippen LogP contribution in [0, 0.1) is 0 Å².